The average Bonchev–Trinajstić information content (AvgIpc) is 3.00. The van der Waals surface area contributed by atoms with E-state index in [1.807, 2.05) is 0 Å². The molecule has 1 fully saturated rings. The highest BCUT2D eigenvalue weighted by atomic mass is 32.2. The molecule has 2 aromatic carbocycles. The van der Waals surface area contributed by atoms with E-state index in [0.717, 1.165) is 23.1 Å². The summed E-state index contributed by atoms with van der Waals surface area (Å²) in [6.45, 7) is 0. The van der Waals surface area contributed by atoms with Crippen LogP contribution in [0, 0.1) is 0 Å². The van der Waals surface area contributed by atoms with Crippen LogP contribution in [0.2, 0.25) is 0 Å². The first-order valence-electron chi connectivity index (χ1n) is 8.80. The third-order valence-electron chi connectivity index (χ3n) is 4.39. The minimum atomic E-state index is -1.36. The Balaban J connectivity index is 1.74. The molecule has 1 aliphatic rings. The summed E-state index contributed by atoms with van der Waals surface area (Å²) in [7, 11) is 1.48. The van der Waals surface area contributed by atoms with Crippen molar-refractivity contribution in [2.45, 2.75) is 11.7 Å². The normalized spacial score (nSPS) is 15.6. The minimum Gasteiger partial charge on any atom is -0.497 e. The largest absolute Gasteiger partial charge is 0.497 e. The Bertz CT molecular complexity index is 1080. The Hall–Kier alpha value is -3.86. The van der Waals surface area contributed by atoms with Gasteiger partial charge in [0.25, 0.3) is 5.24 Å². The van der Waals surface area contributed by atoms with Crippen LogP contribution in [-0.2, 0) is 9.59 Å². The number of imide groups is 1. The number of benzene rings is 2. The highest BCUT2D eigenvalue weighted by Gasteiger charge is 2.41. The maximum Gasteiger partial charge on any atom is 0.337 e. The number of hydrogen-bond acceptors (Lipinski definition) is 7. The zero-order chi connectivity index (χ0) is 22.7. The molecule has 10 nitrogen and oxygen atoms in total. The van der Waals surface area contributed by atoms with Crippen LogP contribution in [0.25, 0.3) is 0 Å². The monoisotopic (exact) mass is 444 g/mol. The fraction of sp³-hybridized carbons (Fsp3) is 0.150. The number of amides is 3. The Labute approximate surface area is 179 Å². The number of methoxy groups -OCH3 is 1. The van der Waals surface area contributed by atoms with Gasteiger partial charge in [0.15, 0.2) is 0 Å². The highest BCUT2D eigenvalue weighted by molar-refractivity contribution is 8.15. The molecule has 0 saturated carbocycles. The molecule has 0 aliphatic carbocycles. The number of carbonyl (C=O) groups is 5. The Morgan fingerprint density at radius 2 is 1.74 bits per heavy atom. The molecule has 0 spiro atoms. The fourth-order valence-corrected chi connectivity index (χ4v) is 3.87. The number of hydrogen-bond donors (Lipinski definition) is 3. The number of nitrogens with one attached hydrogen (secondary N) is 1. The fourth-order valence-electron chi connectivity index (χ4n) is 2.89. The standard InChI is InChI=1S/C20H16N2O8S/c1-30-12-5-3-11(4-6-12)22-17(24)15(31-20(22)29)9-16(23)21-14-8-10(18(25)26)2-7-13(14)19(27)28/h2-8,15H,9H2,1H3,(H,21,23)(H,25,26)(H,27,28). The van der Waals surface area contributed by atoms with E-state index < -0.39 is 40.7 Å². The van der Waals surface area contributed by atoms with Gasteiger partial charge < -0.3 is 20.3 Å². The number of rotatable bonds is 7. The molecular formula is C20H16N2O8S. The zero-order valence-electron chi connectivity index (χ0n) is 16.0. The number of ether oxygens (including phenoxy) is 1. The van der Waals surface area contributed by atoms with E-state index in [2.05, 4.69) is 5.32 Å². The van der Waals surface area contributed by atoms with E-state index in [0.29, 0.717) is 23.2 Å². The Morgan fingerprint density at radius 3 is 2.32 bits per heavy atom. The van der Waals surface area contributed by atoms with E-state index >= 15 is 0 Å². The number of carbonyl (C=O) groups excluding carboxylic acids is 3. The number of carboxylic acid groups (broad SMARTS) is 2. The Kier molecular flexibility index (Phi) is 6.25. The second-order valence-electron chi connectivity index (χ2n) is 6.37. The van der Waals surface area contributed by atoms with E-state index in [1.54, 1.807) is 12.1 Å². The summed E-state index contributed by atoms with van der Waals surface area (Å²) in [6, 6.07) is 9.42. The van der Waals surface area contributed by atoms with Gasteiger partial charge in [0, 0.05) is 6.42 Å². The van der Waals surface area contributed by atoms with E-state index in [9.17, 15) is 29.1 Å². The number of anilines is 2. The van der Waals surface area contributed by atoms with Crippen LogP contribution in [0.4, 0.5) is 16.2 Å². The second-order valence-corrected chi connectivity index (χ2v) is 7.52. The number of aromatic carboxylic acids is 2. The molecule has 1 saturated heterocycles. The van der Waals surface area contributed by atoms with E-state index in [-0.39, 0.29) is 16.8 Å². The van der Waals surface area contributed by atoms with Gasteiger partial charge in [-0.15, -0.1) is 0 Å². The topological polar surface area (TPSA) is 150 Å². The van der Waals surface area contributed by atoms with Gasteiger partial charge in [0.2, 0.25) is 11.8 Å². The number of nitrogens with zero attached hydrogens (tertiary/aromatic N) is 1. The highest BCUT2D eigenvalue weighted by Crippen LogP contribution is 2.34. The quantitative estimate of drug-likeness (QED) is 0.585. The lowest BCUT2D eigenvalue weighted by molar-refractivity contribution is -0.121. The van der Waals surface area contributed by atoms with Crippen LogP contribution in [-0.4, -0.2) is 51.6 Å². The summed E-state index contributed by atoms with van der Waals surface area (Å²) >= 11 is 0.679. The van der Waals surface area contributed by atoms with Crippen molar-refractivity contribution in [2.24, 2.45) is 0 Å². The van der Waals surface area contributed by atoms with Gasteiger partial charge in [0.05, 0.1) is 29.6 Å². The van der Waals surface area contributed by atoms with Gasteiger partial charge in [-0.2, -0.15) is 0 Å². The smallest absolute Gasteiger partial charge is 0.337 e. The SMILES string of the molecule is COc1ccc(N2C(=O)SC(CC(=O)Nc3cc(C(=O)O)ccc3C(=O)O)C2=O)cc1. The van der Waals surface area contributed by atoms with Crippen molar-refractivity contribution in [3.63, 3.8) is 0 Å². The summed E-state index contributed by atoms with van der Waals surface area (Å²) in [5, 5.41) is 19.1. The van der Waals surface area contributed by atoms with Crippen LogP contribution in [0.3, 0.4) is 0 Å². The van der Waals surface area contributed by atoms with Crippen molar-refractivity contribution < 1.29 is 38.9 Å². The van der Waals surface area contributed by atoms with Crippen LogP contribution in [0.1, 0.15) is 27.1 Å². The van der Waals surface area contributed by atoms with E-state index in [4.69, 9.17) is 9.84 Å². The number of thioether (sulfide) groups is 1. The number of carboxylic acids is 2. The molecule has 160 valence electrons. The molecule has 1 heterocycles. The first-order chi connectivity index (χ1) is 14.7. The van der Waals surface area contributed by atoms with Gasteiger partial charge in [-0.1, -0.05) is 0 Å². The molecular weight excluding hydrogens is 428 g/mol. The average molecular weight is 444 g/mol. The first kappa shape index (κ1) is 21.8. The van der Waals surface area contributed by atoms with Gasteiger partial charge in [-0.3, -0.25) is 14.4 Å². The molecule has 11 heteroatoms. The predicted molar refractivity (Wildman–Crippen MR) is 111 cm³/mol. The third-order valence-corrected chi connectivity index (χ3v) is 5.43. The summed E-state index contributed by atoms with van der Waals surface area (Å²) < 4.78 is 5.04. The molecule has 1 aliphatic heterocycles. The molecule has 3 rings (SSSR count). The summed E-state index contributed by atoms with van der Waals surface area (Å²) in [5.41, 5.74) is -0.410. The third kappa shape index (κ3) is 4.67. The predicted octanol–water partition coefficient (Wildman–Crippen LogP) is 2.69. The lowest BCUT2D eigenvalue weighted by atomic mass is 10.1. The minimum absolute atomic E-state index is 0.215. The van der Waals surface area contributed by atoms with Crippen molar-refractivity contribution in [1.82, 2.24) is 0 Å². The molecule has 3 N–H and O–H groups in total. The van der Waals surface area contributed by atoms with Gasteiger partial charge in [0.1, 0.15) is 11.0 Å². The lowest BCUT2D eigenvalue weighted by Crippen LogP contribution is -2.33. The molecule has 0 bridgehead atoms. The molecule has 31 heavy (non-hydrogen) atoms. The zero-order valence-corrected chi connectivity index (χ0v) is 16.8. The van der Waals surface area contributed by atoms with Gasteiger partial charge in [-0.25, -0.2) is 14.5 Å². The maximum absolute atomic E-state index is 12.7. The van der Waals surface area contributed by atoms with Crippen molar-refractivity contribution in [1.29, 1.82) is 0 Å². The van der Waals surface area contributed by atoms with E-state index in [1.165, 1.54) is 19.2 Å². The summed E-state index contributed by atoms with van der Waals surface area (Å²) in [6.07, 6.45) is -0.405. The lowest BCUT2D eigenvalue weighted by Gasteiger charge is -2.14. The van der Waals surface area contributed by atoms with Crippen molar-refractivity contribution in [3.8, 4) is 5.75 Å². The van der Waals surface area contributed by atoms with Crippen molar-refractivity contribution in [2.75, 3.05) is 17.3 Å². The Morgan fingerprint density at radius 1 is 1.06 bits per heavy atom. The van der Waals surface area contributed by atoms with Gasteiger partial charge >= 0.3 is 11.9 Å². The molecule has 2 aromatic rings. The second kappa shape index (κ2) is 8.88. The first-order valence-corrected chi connectivity index (χ1v) is 9.68. The van der Waals surface area contributed by atoms with Crippen molar-refractivity contribution in [3.05, 3.63) is 53.6 Å². The summed E-state index contributed by atoms with van der Waals surface area (Å²) in [5.74, 6) is -3.44. The van der Waals surface area contributed by atoms with Gasteiger partial charge in [-0.05, 0) is 54.2 Å². The van der Waals surface area contributed by atoms with Crippen molar-refractivity contribution >= 4 is 52.1 Å². The van der Waals surface area contributed by atoms with Crippen LogP contribution in [0.15, 0.2) is 42.5 Å². The molecule has 0 aromatic heterocycles. The molecule has 1 atom stereocenters. The maximum atomic E-state index is 12.7. The molecule has 0 radical (unpaired) electrons. The summed E-state index contributed by atoms with van der Waals surface area (Å²) in [4.78, 5) is 60.9. The van der Waals surface area contributed by atoms with Crippen LogP contribution < -0.4 is 15.0 Å². The molecule has 1 unspecified atom stereocenters. The molecule has 3 amide bonds. The van der Waals surface area contributed by atoms with Crippen LogP contribution >= 0.6 is 11.8 Å². The van der Waals surface area contributed by atoms with Crippen LogP contribution in [0.5, 0.6) is 5.75 Å².